The Morgan fingerprint density at radius 3 is 1.65 bits per heavy atom. The van der Waals surface area contributed by atoms with E-state index in [1.165, 1.54) is 12.1 Å². The van der Waals surface area contributed by atoms with E-state index in [1.54, 1.807) is 24.3 Å². The Balaban J connectivity index is 2.12. The average Bonchev–Trinajstić information content (AvgIpc) is 2.65. The number of halogens is 3. The van der Waals surface area contributed by atoms with Gasteiger partial charge in [-0.15, -0.1) is 0 Å². The van der Waals surface area contributed by atoms with Crippen LogP contribution in [0.15, 0.2) is 36.4 Å². The van der Waals surface area contributed by atoms with E-state index in [4.69, 9.17) is 34.8 Å². The monoisotopic (exact) mass is 325 g/mol. The summed E-state index contributed by atoms with van der Waals surface area (Å²) in [6.45, 7) is 0. The highest BCUT2D eigenvalue weighted by Crippen LogP contribution is 2.34. The van der Waals surface area contributed by atoms with Crippen LogP contribution in [0.25, 0.3) is 0 Å². The first-order chi connectivity index (χ1) is 9.49. The number of anilines is 1. The maximum absolute atomic E-state index is 12.3. The molecule has 0 aromatic heterocycles. The van der Waals surface area contributed by atoms with E-state index in [1.807, 2.05) is 0 Å². The summed E-state index contributed by atoms with van der Waals surface area (Å²) >= 11 is 17.6. The number of hydrogen-bond acceptors (Lipinski definition) is 2. The lowest BCUT2D eigenvalue weighted by Crippen LogP contribution is -2.29. The number of carbonyl (C=O) groups is 2. The molecule has 20 heavy (non-hydrogen) atoms. The van der Waals surface area contributed by atoms with Crippen LogP contribution in [-0.2, 0) is 0 Å². The minimum absolute atomic E-state index is 0.240. The summed E-state index contributed by atoms with van der Waals surface area (Å²) in [5.74, 6) is -0.850. The molecule has 3 nitrogen and oxygen atoms in total. The second kappa shape index (κ2) is 4.77. The van der Waals surface area contributed by atoms with Crippen LogP contribution >= 0.6 is 34.8 Å². The molecule has 0 atom stereocenters. The molecular weight excluding hydrogens is 321 g/mol. The molecule has 0 radical (unpaired) electrons. The molecule has 0 fully saturated rings. The summed E-state index contributed by atoms with van der Waals surface area (Å²) in [6.07, 6.45) is 0. The third kappa shape index (κ3) is 1.99. The van der Waals surface area contributed by atoms with Crippen LogP contribution in [0.4, 0.5) is 5.69 Å². The molecule has 2 aromatic rings. The van der Waals surface area contributed by atoms with Crippen molar-refractivity contribution >= 4 is 52.3 Å². The molecule has 1 aliphatic rings. The zero-order valence-electron chi connectivity index (χ0n) is 9.86. The maximum Gasteiger partial charge on any atom is 0.266 e. The SMILES string of the molecule is O=C1c2cc(Cl)c(Cl)cc2C(=O)N1c1ccc(Cl)cc1. The van der Waals surface area contributed by atoms with Gasteiger partial charge in [0.05, 0.1) is 26.9 Å². The Kier molecular flexibility index (Phi) is 3.21. The van der Waals surface area contributed by atoms with Gasteiger partial charge in [-0.2, -0.15) is 0 Å². The van der Waals surface area contributed by atoms with Crippen molar-refractivity contribution in [2.24, 2.45) is 0 Å². The minimum atomic E-state index is -0.425. The van der Waals surface area contributed by atoms with E-state index < -0.39 is 11.8 Å². The zero-order valence-corrected chi connectivity index (χ0v) is 12.1. The van der Waals surface area contributed by atoms with Crippen LogP contribution in [-0.4, -0.2) is 11.8 Å². The van der Waals surface area contributed by atoms with Gasteiger partial charge >= 0.3 is 0 Å². The normalized spacial score (nSPS) is 13.8. The molecule has 100 valence electrons. The van der Waals surface area contributed by atoms with Crippen LogP contribution in [0.2, 0.25) is 15.1 Å². The van der Waals surface area contributed by atoms with Crippen molar-refractivity contribution in [1.29, 1.82) is 0 Å². The highest BCUT2D eigenvalue weighted by atomic mass is 35.5. The number of amides is 2. The van der Waals surface area contributed by atoms with Crippen molar-refractivity contribution in [3.05, 3.63) is 62.6 Å². The first-order valence-electron chi connectivity index (χ1n) is 5.62. The Labute approximate surface area is 129 Å². The molecule has 0 bridgehead atoms. The van der Waals surface area contributed by atoms with Gasteiger partial charge in [0, 0.05) is 5.02 Å². The molecule has 1 heterocycles. The number of benzene rings is 2. The first kappa shape index (κ1) is 13.4. The Morgan fingerprint density at radius 2 is 1.20 bits per heavy atom. The third-order valence-electron chi connectivity index (χ3n) is 3.01. The number of imide groups is 1. The lowest BCUT2D eigenvalue weighted by molar-refractivity contribution is 0.0926. The summed E-state index contributed by atoms with van der Waals surface area (Å²) in [6, 6.07) is 9.26. The first-order valence-corrected chi connectivity index (χ1v) is 6.76. The van der Waals surface area contributed by atoms with Crippen molar-refractivity contribution in [3.63, 3.8) is 0 Å². The molecule has 0 unspecified atom stereocenters. The van der Waals surface area contributed by atoms with Crippen LogP contribution < -0.4 is 4.90 Å². The van der Waals surface area contributed by atoms with E-state index in [2.05, 4.69) is 0 Å². The molecule has 3 rings (SSSR count). The lowest BCUT2D eigenvalue weighted by atomic mass is 10.1. The lowest BCUT2D eigenvalue weighted by Gasteiger charge is -2.13. The van der Waals surface area contributed by atoms with Gasteiger partial charge in [-0.05, 0) is 36.4 Å². The van der Waals surface area contributed by atoms with Gasteiger partial charge in [0.25, 0.3) is 11.8 Å². The summed E-state index contributed by atoms with van der Waals surface area (Å²) in [5, 5.41) is 1.01. The zero-order chi connectivity index (χ0) is 14.4. The number of hydrogen-bond donors (Lipinski definition) is 0. The molecule has 6 heteroatoms. The second-order valence-electron chi connectivity index (χ2n) is 4.23. The van der Waals surface area contributed by atoms with E-state index in [0.29, 0.717) is 10.7 Å². The van der Waals surface area contributed by atoms with Gasteiger partial charge in [0.2, 0.25) is 0 Å². The fourth-order valence-corrected chi connectivity index (χ4v) is 2.51. The topological polar surface area (TPSA) is 37.4 Å². The van der Waals surface area contributed by atoms with Crippen molar-refractivity contribution in [1.82, 2.24) is 0 Å². The van der Waals surface area contributed by atoms with Crippen LogP contribution in [0, 0.1) is 0 Å². The molecule has 0 saturated carbocycles. The van der Waals surface area contributed by atoms with E-state index in [0.717, 1.165) is 4.90 Å². The smallest absolute Gasteiger partial charge is 0.266 e. The fraction of sp³-hybridized carbons (Fsp3) is 0. The van der Waals surface area contributed by atoms with Gasteiger partial charge in [-0.3, -0.25) is 9.59 Å². The summed E-state index contributed by atoms with van der Waals surface area (Å²) in [5.41, 5.74) is 0.951. The number of fused-ring (bicyclic) bond motifs is 1. The number of carbonyl (C=O) groups excluding carboxylic acids is 2. The molecule has 2 amide bonds. The fourth-order valence-electron chi connectivity index (χ4n) is 2.06. The standard InChI is InChI=1S/C14H6Cl3NO2/c15-7-1-3-8(4-2-7)18-13(19)9-5-11(16)12(17)6-10(9)14(18)20/h1-6H. The van der Waals surface area contributed by atoms with Gasteiger partial charge in [0.1, 0.15) is 0 Å². The average molecular weight is 327 g/mol. The predicted molar refractivity (Wildman–Crippen MR) is 79.1 cm³/mol. The highest BCUT2D eigenvalue weighted by Gasteiger charge is 2.37. The van der Waals surface area contributed by atoms with E-state index >= 15 is 0 Å². The van der Waals surface area contributed by atoms with Gasteiger partial charge in [-0.1, -0.05) is 34.8 Å². The molecule has 0 aliphatic carbocycles. The van der Waals surface area contributed by atoms with Gasteiger partial charge in [0.15, 0.2) is 0 Å². The summed E-state index contributed by atoms with van der Waals surface area (Å²) in [4.78, 5) is 25.7. The van der Waals surface area contributed by atoms with Crippen LogP contribution in [0.5, 0.6) is 0 Å². The predicted octanol–water partition coefficient (Wildman–Crippen LogP) is 4.45. The van der Waals surface area contributed by atoms with Crippen molar-refractivity contribution in [2.75, 3.05) is 4.90 Å². The van der Waals surface area contributed by atoms with Crippen LogP contribution in [0.3, 0.4) is 0 Å². The molecule has 1 aliphatic heterocycles. The molecule has 2 aromatic carbocycles. The number of rotatable bonds is 1. The molecule has 0 saturated heterocycles. The maximum atomic E-state index is 12.3. The second-order valence-corrected chi connectivity index (χ2v) is 5.48. The Morgan fingerprint density at radius 1 is 0.750 bits per heavy atom. The van der Waals surface area contributed by atoms with E-state index in [-0.39, 0.29) is 21.2 Å². The Bertz CT molecular complexity index is 700. The number of nitrogens with zero attached hydrogens (tertiary/aromatic N) is 1. The minimum Gasteiger partial charge on any atom is -0.268 e. The molecular formula is C14H6Cl3NO2. The molecule has 0 N–H and O–H groups in total. The Hall–Kier alpha value is -1.55. The van der Waals surface area contributed by atoms with Gasteiger partial charge in [-0.25, -0.2) is 4.90 Å². The van der Waals surface area contributed by atoms with Crippen molar-refractivity contribution in [2.45, 2.75) is 0 Å². The highest BCUT2D eigenvalue weighted by molar-refractivity contribution is 6.44. The van der Waals surface area contributed by atoms with Gasteiger partial charge < -0.3 is 0 Å². The molecule has 0 spiro atoms. The van der Waals surface area contributed by atoms with Crippen LogP contribution in [0.1, 0.15) is 20.7 Å². The quantitative estimate of drug-likeness (QED) is 0.726. The largest absolute Gasteiger partial charge is 0.268 e. The van der Waals surface area contributed by atoms with Crippen molar-refractivity contribution < 1.29 is 9.59 Å². The summed E-state index contributed by atoms with van der Waals surface area (Å²) < 4.78 is 0. The van der Waals surface area contributed by atoms with E-state index in [9.17, 15) is 9.59 Å². The summed E-state index contributed by atoms with van der Waals surface area (Å²) in [7, 11) is 0. The van der Waals surface area contributed by atoms with Crippen molar-refractivity contribution in [3.8, 4) is 0 Å². The third-order valence-corrected chi connectivity index (χ3v) is 3.99.